The van der Waals surface area contributed by atoms with Crippen LogP contribution in [0.3, 0.4) is 0 Å². The van der Waals surface area contributed by atoms with Gasteiger partial charge in [-0.05, 0) is 36.4 Å². The van der Waals surface area contributed by atoms with Crippen molar-refractivity contribution in [2.45, 2.75) is 18.3 Å². The second-order valence-electron chi connectivity index (χ2n) is 5.89. The van der Waals surface area contributed by atoms with Crippen LogP contribution in [0.4, 0.5) is 17.6 Å². The van der Waals surface area contributed by atoms with E-state index in [9.17, 15) is 27.5 Å². The van der Waals surface area contributed by atoms with Gasteiger partial charge in [0, 0.05) is 11.1 Å². The highest BCUT2D eigenvalue weighted by atomic mass is 19.4. The van der Waals surface area contributed by atoms with Crippen molar-refractivity contribution in [2.24, 2.45) is 5.10 Å². The van der Waals surface area contributed by atoms with Crippen molar-refractivity contribution in [2.75, 3.05) is 7.11 Å². The number of carbonyl (C=O) groups excluding carboxylic acids is 1. The van der Waals surface area contributed by atoms with Gasteiger partial charge in [0.05, 0.1) is 13.5 Å². The van der Waals surface area contributed by atoms with E-state index in [-0.39, 0.29) is 11.1 Å². The minimum Gasteiger partial charge on any atom is -0.497 e. The number of halogens is 4. The summed E-state index contributed by atoms with van der Waals surface area (Å²) in [5, 5.41) is 14.6. The predicted octanol–water partition coefficient (Wildman–Crippen LogP) is 3.44. The first-order chi connectivity index (χ1) is 12.6. The molecule has 1 aliphatic heterocycles. The van der Waals surface area contributed by atoms with E-state index >= 15 is 0 Å². The van der Waals surface area contributed by atoms with Crippen molar-refractivity contribution in [1.29, 1.82) is 0 Å². The van der Waals surface area contributed by atoms with Gasteiger partial charge in [0.15, 0.2) is 5.72 Å². The number of benzene rings is 2. The quantitative estimate of drug-likeness (QED) is 0.828. The number of methoxy groups -OCH3 is 1. The molecule has 0 saturated carbocycles. The fourth-order valence-corrected chi connectivity index (χ4v) is 2.71. The summed E-state index contributed by atoms with van der Waals surface area (Å²) in [4.78, 5) is 12.8. The van der Waals surface area contributed by atoms with Crippen LogP contribution in [0.1, 0.15) is 22.3 Å². The maximum Gasteiger partial charge on any atom is 0.431 e. The summed E-state index contributed by atoms with van der Waals surface area (Å²) in [5.41, 5.74) is -3.79. The molecular weight excluding hydrogens is 368 g/mol. The van der Waals surface area contributed by atoms with Crippen LogP contribution in [0.15, 0.2) is 53.6 Å². The Kier molecular flexibility index (Phi) is 4.64. The van der Waals surface area contributed by atoms with Crippen LogP contribution in [0, 0.1) is 5.82 Å². The zero-order valence-electron chi connectivity index (χ0n) is 14.0. The first kappa shape index (κ1) is 18.8. The van der Waals surface area contributed by atoms with Crippen molar-refractivity contribution < 1.29 is 32.2 Å². The molecule has 0 bridgehead atoms. The second kappa shape index (κ2) is 6.66. The number of hydrogen-bond donors (Lipinski definition) is 1. The number of aliphatic hydroxyl groups is 1. The number of alkyl halides is 3. The number of hydrogen-bond acceptors (Lipinski definition) is 4. The average Bonchev–Trinajstić information content (AvgIpc) is 3.01. The van der Waals surface area contributed by atoms with Crippen LogP contribution in [0.5, 0.6) is 5.75 Å². The van der Waals surface area contributed by atoms with E-state index in [1.54, 1.807) is 0 Å². The van der Waals surface area contributed by atoms with Crippen LogP contribution in [0.2, 0.25) is 0 Å². The lowest BCUT2D eigenvalue weighted by Gasteiger charge is -2.31. The molecule has 27 heavy (non-hydrogen) atoms. The van der Waals surface area contributed by atoms with Crippen LogP contribution in [-0.2, 0) is 5.72 Å². The number of rotatable bonds is 3. The lowest BCUT2D eigenvalue weighted by molar-refractivity contribution is -0.0816. The van der Waals surface area contributed by atoms with Gasteiger partial charge in [-0.1, -0.05) is 12.1 Å². The molecular formula is C18H14F4N2O3. The molecule has 5 nitrogen and oxygen atoms in total. The smallest absolute Gasteiger partial charge is 0.431 e. The van der Waals surface area contributed by atoms with Crippen molar-refractivity contribution in [1.82, 2.24) is 5.01 Å². The second-order valence-corrected chi connectivity index (χ2v) is 5.89. The highest BCUT2D eigenvalue weighted by Gasteiger charge is 2.53. The monoisotopic (exact) mass is 382 g/mol. The maximum absolute atomic E-state index is 13.2. The molecule has 1 heterocycles. The van der Waals surface area contributed by atoms with Gasteiger partial charge in [-0.3, -0.25) is 4.79 Å². The lowest BCUT2D eigenvalue weighted by Crippen LogP contribution is -2.43. The molecule has 0 radical (unpaired) electrons. The molecule has 2 aromatic rings. The first-order valence-corrected chi connectivity index (χ1v) is 7.77. The highest BCUT2D eigenvalue weighted by Crippen LogP contribution is 2.40. The Bertz CT molecular complexity index is 879. The van der Waals surface area contributed by atoms with Gasteiger partial charge in [-0.15, -0.1) is 0 Å². The lowest BCUT2D eigenvalue weighted by atomic mass is 9.96. The van der Waals surface area contributed by atoms with Gasteiger partial charge in [0.1, 0.15) is 17.3 Å². The number of carbonyl (C=O) groups is 1. The topological polar surface area (TPSA) is 62.1 Å². The van der Waals surface area contributed by atoms with E-state index in [4.69, 9.17) is 4.74 Å². The van der Waals surface area contributed by atoms with Crippen LogP contribution in [-0.4, -0.2) is 35.0 Å². The molecule has 0 unspecified atom stereocenters. The van der Waals surface area contributed by atoms with Gasteiger partial charge < -0.3 is 9.84 Å². The minimum atomic E-state index is -4.83. The molecule has 0 fully saturated rings. The molecule has 2 aromatic carbocycles. The van der Waals surface area contributed by atoms with Crippen molar-refractivity contribution in [3.8, 4) is 5.75 Å². The molecule has 1 amide bonds. The fourth-order valence-electron chi connectivity index (χ4n) is 2.71. The zero-order chi connectivity index (χ0) is 19.8. The molecule has 1 atom stereocenters. The number of nitrogens with zero attached hydrogens (tertiary/aromatic N) is 2. The minimum absolute atomic E-state index is 0.00325. The molecule has 0 aromatic heterocycles. The average molecular weight is 382 g/mol. The third-order valence-corrected chi connectivity index (χ3v) is 4.15. The number of hydrazone groups is 1. The predicted molar refractivity (Wildman–Crippen MR) is 87.6 cm³/mol. The Balaban J connectivity index is 2.04. The number of ether oxygens (including phenoxy) is 1. The van der Waals surface area contributed by atoms with Gasteiger partial charge in [0.2, 0.25) is 0 Å². The molecule has 142 valence electrons. The molecule has 1 N–H and O–H groups in total. The van der Waals surface area contributed by atoms with Crippen LogP contribution < -0.4 is 4.74 Å². The molecule has 3 rings (SSSR count). The molecule has 1 aliphatic rings. The van der Waals surface area contributed by atoms with Crippen molar-refractivity contribution in [3.05, 3.63) is 65.5 Å². The fraction of sp³-hybridized carbons (Fsp3) is 0.222. The third kappa shape index (κ3) is 3.50. The normalized spacial score (nSPS) is 19.8. The Morgan fingerprint density at radius 2 is 1.74 bits per heavy atom. The van der Waals surface area contributed by atoms with E-state index < -0.39 is 35.8 Å². The molecule has 0 aliphatic carbocycles. The van der Waals surface area contributed by atoms with Crippen molar-refractivity contribution >= 4 is 11.6 Å². The van der Waals surface area contributed by atoms with Crippen LogP contribution >= 0.6 is 0 Å². The standard InChI is InChI=1S/C18H14F4N2O3/c1-27-14-8-2-11(3-9-14)16(25)24-17(26,10-15(23-24)18(20,21)22)12-4-6-13(19)7-5-12/h2-9,26H,10H2,1H3/t17-/m1/s1. The molecule has 0 spiro atoms. The largest absolute Gasteiger partial charge is 0.497 e. The van der Waals surface area contributed by atoms with Crippen molar-refractivity contribution in [3.63, 3.8) is 0 Å². The molecule has 0 saturated heterocycles. The maximum atomic E-state index is 13.2. The van der Waals surface area contributed by atoms with E-state index in [0.29, 0.717) is 10.8 Å². The van der Waals surface area contributed by atoms with E-state index in [0.717, 1.165) is 24.3 Å². The zero-order valence-corrected chi connectivity index (χ0v) is 14.0. The number of amides is 1. The van der Waals surface area contributed by atoms with E-state index in [2.05, 4.69) is 5.10 Å². The van der Waals surface area contributed by atoms with E-state index in [1.807, 2.05) is 0 Å². The summed E-state index contributed by atoms with van der Waals surface area (Å²) in [6.45, 7) is 0. The summed E-state index contributed by atoms with van der Waals surface area (Å²) in [7, 11) is 1.42. The SMILES string of the molecule is COc1ccc(C(=O)N2N=C(C(F)(F)F)C[C@@]2(O)c2ccc(F)cc2)cc1. The van der Waals surface area contributed by atoms with Gasteiger partial charge >= 0.3 is 6.18 Å². The summed E-state index contributed by atoms with van der Waals surface area (Å²) in [6.07, 6.45) is -5.80. The van der Waals surface area contributed by atoms with Gasteiger partial charge in [-0.25, -0.2) is 4.39 Å². The molecule has 9 heteroatoms. The Morgan fingerprint density at radius 1 is 1.15 bits per heavy atom. The first-order valence-electron chi connectivity index (χ1n) is 7.77. The van der Waals surface area contributed by atoms with Gasteiger partial charge in [0.25, 0.3) is 5.91 Å². The summed E-state index contributed by atoms with van der Waals surface area (Å²) in [5.74, 6) is -1.13. The van der Waals surface area contributed by atoms with Crippen LogP contribution in [0.25, 0.3) is 0 Å². The Hall–Kier alpha value is -2.94. The van der Waals surface area contributed by atoms with E-state index in [1.165, 1.54) is 31.4 Å². The third-order valence-electron chi connectivity index (χ3n) is 4.15. The summed E-state index contributed by atoms with van der Waals surface area (Å²) < 4.78 is 57.6. The summed E-state index contributed by atoms with van der Waals surface area (Å²) in [6, 6.07) is 9.77. The van der Waals surface area contributed by atoms with Gasteiger partial charge in [-0.2, -0.15) is 23.3 Å². The Labute approximate surface area is 151 Å². The summed E-state index contributed by atoms with van der Waals surface area (Å²) >= 11 is 0. The Morgan fingerprint density at radius 3 is 2.26 bits per heavy atom. The highest BCUT2D eigenvalue weighted by molar-refractivity contribution is 5.99.